The number of nitrogens with one attached hydrogen (secondary N) is 1. The maximum absolute atomic E-state index is 11.6. The number of hydrogen-bond donors (Lipinski definition) is 1. The second kappa shape index (κ2) is 4.97. The molecule has 15 heavy (non-hydrogen) atoms. The van der Waals surface area contributed by atoms with Crippen molar-refractivity contribution < 1.29 is 4.79 Å². The van der Waals surface area contributed by atoms with E-state index in [9.17, 15) is 4.79 Å². The van der Waals surface area contributed by atoms with Crippen molar-refractivity contribution in [3.05, 3.63) is 0 Å². The highest BCUT2D eigenvalue weighted by Crippen LogP contribution is 2.21. The van der Waals surface area contributed by atoms with Gasteiger partial charge in [0.05, 0.1) is 0 Å². The summed E-state index contributed by atoms with van der Waals surface area (Å²) in [5, 5.41) is 3.12. The van der Waals surface area contributed by atoms with Crippen LogP contribution in [0.15, 0.2) is 0 Å². The van der Waals surface area contributed by atoms with Gasteiger partial charge in [-0.2, -0.15) is 0 Å². The molecule has 0 spiro atoms. The fraction of sp³-hybridized carbons (Fsp3) is 0.917. The van der Waals surface area contributed by atoms with Gasteiger partial charge in [0.2, 0.25) is 5.91 Å². The van der Waals surface area contributed by atoms with E-state index < -0.39 is 0 Å². The van der Waals surface area contributed by atoms with Gasteiger partial charge >= 0.3 is 0 Å². The van der Waals surface area contributed by atoms with E-state index in [1.807, 2.05) is 13.8 Å². The van der Waals surface area contributed by atoms with Crippen LogP contribution in [0.4, 0.5) is 0 Å². The summed E-state index contributed by atoms with van der Waals surface area (Å²) < 4.78 is 0. The van der Waals surface area contributed by atoms with E-state index in [4.69, 9.17) is 0 Å². The van der Waals surface area contributed by atoms with Gasteiger partial charge in [-0.05, 0) is 26.3 Å². The van der Waals surface area contributed by atoms with Crippen molar-refractivity contribution in [2.75, 3.05) is 13.6 Å². The molecule has 0 bridgehead atoms. The number of carbonyl (C=O) groups excluding carboxylic acids is 1. The molecule has 1 rings (SSSR count). The van der Waals surface area contributed by atoms with E-state index in [2.05, 4.69) is 31.1 Å². The molecular formula is C12H24N2O. The Morgan fingerprint density at radius 1 is 1.40 bits per heavy atom. The number of rotatable bonds is 2. The molecule has 0 aliphatic carbocycles. The molecule has 3 unspecified atom stereocenters. The Balaban J connectivity index is 2.48. The lowest BCUT2D eigenvalue weighted by molar-refractivity contribution is -0.125. The highest BCUT2D eigenvalue weighted by molar-refractivity contribution is 5.78. The van der Waals surface area contributed by atoms with E-state index in [1.54, 1.807) is 0 Å². The zero-order chi connectivity index (χ0) is 11.6. The van der Waals surface area contributed by atoms with Crippen LogP contribution in [0.1, 0.15) is 34.1 Å². The van der Waals surface area contributed by atoms with Gasteiger partial charge in [0.1, 0.15) is 0 Å². The lowest BCUT2D eigenvalue weighted by atomic mass is 9.89. The first-order chi connectivity index (χ1) is 6.91. The predicted octanol–water partition coefficient (Wildman–Crippen LogP) is 1.49. The molecule has 1 amide bonds. The summed E-state index contributed by atoms with van der Waals surface area (Å²) >= 11 is 0. The molecular weight excluding hydrogens is 188 g/mol. The summed E-state index contributed by atoms with van der Waals surface area (Å²) in [6.45, 7) is 9.37. The lowest BCUT2D eigenvalue weighted by Gasteiger charge is -2.40. The molecule has 0 saturated carbocycles. The van der Waals surface area contributed by atoms with Crippen LogP contribution >= 0.6 is 0 Å². The number of hydrogen-bond acceptors (Lipinski definition) is 2. The van der Waals surface area contributed by atoms with Crippen LogP contribution in [0, 0.1) is 11.8 Å². The zero-order valence-electron chi connectivity index (χ0n) is 10.6. The van der Waals surface area contributed by atoms with Crippen molar-refractivity contribution in [1.82, 2.24) is 10.2 Å². The number of likely N-dealkylation sites (tertiary alicyclic amines) is 1. The van der Waals surface area contributed by atoms with Crippen LogP contribution < -0.4 is 5.32 Å². The Morgan fingerprint density at radius 2 is 2.00 bits per heavy atom. The van der Waals surface area contributed by atoms with Crippen LogP contribution in [-0.2, 0) is 4.79 Å². The van der Waals surface area contributed by atoms with Gasteiger partial charge < -0.3 is 10.2 Å². The highest BCUT2D eigenvalue weighted by Gasteiger charge is 2.29. The molecule has 0 aromatic rings. The summed E-state index contributed by atoms with van der Waals surface area (Å²) in [4.78, 5) is 13.9. The average Bonchev–Trinajstić information content (AvgIpc) is 2.13. The third-order valence-corrected chi connectivity index (χ3v) is 3.55. The molecule has 3 atom stereocenters. The lowest BCUT2D eigenvalue weighted by Crippen LogP contribution is -2.53. The van der Waals surface area contributed by atoms with Crippen LogP contribution in [-0.4, -0.2) is 36.5 Å². The fourth-order valence-electron chi connectivity index (χ4n) is 2.14. The summed E-state index contributed by atoms with van der Waals surface area (Å²) in [5.41, 5.74) is 0. The van der Waals surface area contributed by atoms with Crippen molar-refractivity contribution in [1.29, 1.82) is 0 Å². The Morgan fingerprint density at radius 3 is 2.47 bits per heavy atom. The predicted molar refractivity (Wildman–Crippen MR) is 62.6 cm³/mol. The molecule has 0 radical (unpaired) electrons. The normalized spacial score (nSPS) is 33.1. The van der Waals surface area contributed by atoms with Crippen LogP contribution in [0.25, 0.3) is 0 Å². The molecule has 3 nitrogen and oxygen atoms in total. The van der Waals surface area contributed by atoms with E-state index in [-0.39, 0.29) is 11.8 Å². The minimum absolute atomic E-state index is 0.0879. The van der Waals surface area contributed by atoms with E-state index in [0.29, 0.717) is 18.0 Å². The highest BCUT2D eigenvalue weighted by atomic mass is 16.1. The SMILES string of the molecule is CC(C)C(=O)NC1CC(C)C(C)N(C)C1. The fourth-order valence-corrected chi connectivity index (χ4v) is 2.14. The maximum Gasteiger partial charge on any atom is 0.222 e. The summed E-state index contributed by atoms with van der Waals surface area (Å²) in [5.74, 6) is 0.918. The smallest absolute Gasteiger partial charge is 0.222 e. The molecule has 1 aliphatic heterocycles. The Kier molecular flexibility index (Phi) is 4.14. The quantitative estimate of drug-likeness (QED) is 0.752. The average molecular weight is 212 g/mol. The van der Waals surface area contributed by atoms with Gasteiger partial charge in [-0.3, -0.25) is 4.79 Å². The molecule has 88 valence electrons. The van der Waals surface area contributed by atoms with Crippen molar-refractivity contribution in [2.45, 2.75) is 46.2 Å². The number of piperidine rings is 1. The minimum atomic E-state index is 0.0879. The van der Waals surface area contributed by atoms with Gasteiger partial charge in [0.15, 0.2) is 0 Å². The Bertz CT molecular complexity index is 216. The van der Waals surface area contributed by atoms with E-state index >= 15 is 0 Å². The largest absolute Gasteiger partial charge is 0.352 e. The van der Waals surface area contributed by atoms with E-state index in [1.165, 1.54) is 0 Å². The zero-order valence-corrected chi connectivity index (χ0v) is 10.6. The second-order valence-corrected chi connectivity index (χ2v) is 5.25. The molecule has 1 aliphatic rings. The molecule has 1 fully saturated rings. The van der Waals surface area contributed by atoms with Crippen LogP contribution in [0.3, 0.4) is 0 Å². The standard InChI is InChI=1S/C12H24N2O/c1-8(2)12(15)13-11-6-9(3)10(4)14(5)7-11/h8-11H,6-7H2,1-5H3,(H,13,15). The third-order valence-electron chi connectivity index (χ3n) is 3.55. The van der Waals surface area contributed by atoms with Crippen molar-refractivity contribution in [3.8, 4) is 0 Å². The molecule has 3 heteroatoms. The molecule has 0 aromatic heterocycles. The van der Waals surface area contributed by atoms with E-state index in [0.717, 1.165) is 13.0 Å². The monoisotopic (exact) mass is 212 g/mol. The summed E-state index contributed by atoms with van der Waals surface area (Å²) in [7, 11) is 2.13. The van der Waals surface area contributed by atoms with Gasteiger partial charge in [-0.25, -0.2) is 0 Å². The van der Waals surface area contributed by atoms with Gasteiger partial charge in [0, 0.05) is 24.5 Å². The summed E-state index contributed by atoms with van der Waals surface area (Å²) in [6, 6.07) is 0.952. The number of amides is 1. The van der Waals surface area contributed by atoms with Crippen molar-refractivity contribution >= 4 is 5.91 Å². The Labute approximate surface area is 93.2 Å². The van der Waals surface area contributed by atoms with Crippen LogP contribution in [0.2, 0.25) is 0 Å². The first-order valence-electron chi connectivity index (χ1n) is 5.92. The van der Waals surface area contributed by atoms with Crippen LogP contribution in [0.5, 0.6) is 0 Å². The third kappa shape index (κ3) is 3.20. The molecule has 0 aromatic carbocycles. The number of carbonyl (C=O) groups is 1. The second-order valence-electron chi connectivity index (χ2n) is 5.25. The van der Waals surface area contributed by atoms with Gasteiger partial charge in [0.25, 0.3) is 0 Å². The first kappa shape index (κ1) is 12.5. The topological polar surface area (TPSA) is 32.3 Å². The molecule has 1 heterocycles. The summed E-state index contributed by atoms with van der Waals surface area (Å²) in [6.07, 6.45) is 1.10. The first-order valence-corrected chi connectivity index (χ1v) is 5.92. The number of nitrogens with zero attached hydrogens (tertiary/aromatic N) is 1. The molecule has 1 saturated heterocycles. The van der Waals surface area contributed by atoms with Gasteiger partial charge in [-0.15, -0.1) is 0 Å². The Hall–Kier alpha value is -0.570. The van der Waals surface area contributed by atoms with Gasteiger partial charge in [-0.1, -0.05) is 20.8 Å². The minimum Gasteiger partial charge on any atom is -0.352 e. The van der Waals surface area contributed by atoms with Crippen molar-refractivity contribution in [3.63, 3.8) is 0 Å². The maximum atomic E-state index is 11.6. The molecule has 1 N–H and O–H groups in total. The number of likely N-dealkylation sites (N-methyl/N-ethyl adjacent to an activating group) is 1. The van der Waals surface area contributed by atoms with Crippen molar-refractivity contribution in [2.24, 2.45) is 11.8 Å².